The van der Waals surface area contributed by atoms with E-state index in [4.69, 9.17) is 81.5 Å². The maximum Gasteiger partial charge on any atom is 0.397 e. The number of aliphatic hydroxyl groups is 8. The van der Waals surface area contributed by atoms with Crippen molar-refractivity contribution in [1.82, 2.24) is 0 Å². The lowest BCUT2D eigenvalue weighted by Gasteiger charge is -2.49. The van der Waals surface area contributed by atoms with Gasteiger partial charge in [-0.1, -0.05) is 0 Å². The van der Waals surface area contributed by atoms with Gasteiger partial charge in [0.1, 0.15) is 104 Å². The molecule has 0 radical (unpaired) electrons. The molecule has 0 bridgehead atoms. The standard InChI is InChI=1S/C41H71NO40S3/c1-64-27-22(49)39(79-32(35(51)52)29(27)77-37-20(47)18(45)24(15(12-43)72-37)70-11-10-69-9-8-68-7-6-67-5-4-42)75-25-16(13-44)73-38(21(48)19(25)46)78-30-28(65-2)23(50)40(80-33(30)36(53)54)76-26-17(14-71-83(55,56)57)74-41(66-3)34(82-85(61,62)63)31(26)81-84(58,59)60/h15-34,37-41,43-50H,4-14,42H2,1-3H3,(H,51,52)(H,53,54)(H,55,56,57)(H,58,59,60)(H,61,62,63)/t15-,16-,17-,18-,19-,20-,21-,22-,23-,24-,25-,26-,27-,28-,29+,30+,31+,32+,33-,34-,37-,38-,39-,40-,41+/m1/s1. The Bertz CT molecular complexity index is 2400. The van der Waals surface area contributed by atoms with Gasteiger partial charge in [0.2, 0.25) is 0 Å². The van der Waals surface area contributed by atoms with Gasteiger partial charge < -0.3 is 133 Å². The minimum Gasteiger partial charge on any atom is -0.479 e. The lowest BCUT2D eigenvalue weighted by molar-refractivity contribution is -0.389. The van der Waals surface area contributed by atoms with Crippen molar-refractivity contribution >= 4 is 43.1 Å². The molecule has 498 valence electrons. The summed E-state index contributed by atoms with van der Waals surface area (Å²) in [6.45, 7) is -1.96. The van der Waals surface area contributed by atoms with Crippen LogP contribution in [0.25, 0.3) is 0 Å². The number of carbonyl (C=O) groups is 2. The zero-order chi connectivity index (χ0) is 63.3. The van der Waals surface area contributed by atoms with Gasteiger partial charge >= 0.3 is 43.1 Å². The molecule has 41 nitrogen and oxygen atoms in total. The van der Waals surface area contributed by atoms with Crippen LogP contribution in [-0.2, 0) is 129 Å². The third-order valence-corrected chi connectivity index (χ3v) is 14.5. The van der Waals surface area contributed by atoms with Crippen LogP contribution in [-0.4, -0.2) is 349 Å². The summed E-state index contributed by atoms with van der Waals surface area (Å²) in [5.74, 6) is -3.86. The van der Waals surface area contributed by atoms with Gasteiger partial charge in [0.15, 0.2) is 49.8 Å². The van der Waals surface area contributed by atoms with E-state index in [1.165, 1.54) is 0 Å². The highest BCUT2D eigenvalue weighted by Crippen LogP contribution is 2.38. The summed E-state index contributed by atoms with van der Waals surface area (Å²) in [6.07, 6.45) is -54.1. The fourth-order valence-electron chi connectivity index (χ4n) is 9.32. The molecule has 5 aliphatic rings. The number of hydrogen-bond acceptors (Lipinski definition) is 36. The van der Waals surface area contributed by atoms with E-state index in [2.05, 4.69) is 12.5 Å². The number of carboxylic acid groups (broad SMARTS) is 2. The molecule has 5 fully saturated rings. The first kappa shape index (κ1) is 73.3. The van der Waals surface area contributed by atoms with Gasteiger partial charge in [-0.3, -0.25) is 13.7 Å². The van der Waals surface area contributed by atoms with E-state index in [0.29, 0.717) is 26.4 Å². The molecule has 0 amide bonds. The van der Waals surface area contributed by atoms with Crippen LogP contribution in [0, 0.1) is 0 Å². The summed E-state index contributed by atoms with van der Waals surface area (Å²) in [4.78, 5) is 25.6. The number of rotatable bonds is 34. The molecule has 44 heteroatoms. The maximum absolute atomic E-state index is 12.9. The van der Waals surface area contributed by atoms with Crippen LogP contribution >= 0.6 is 0 Å². The van der Waals surface area contributed by atoms with Crippen LogP contribution in [0.5, 0.6) is 0 Å². The molecular weight excluding hydrogens is 1240 g/mol. The molecule has 0 aromatic heterocycles. The normalized spacial score (nSPS) is 39.6. The first-order chi connectivity index (χ1) is 39.9. The van der Waals surface area contributed by atoms with Crippen molar-refractivity contribution < 1.29 is 188 Å². The molecule has 5 saturated heterocycles. The molecule has 5 rings (SSSR count). The fourth-order valence-corrected chi connectivity index (χ4v) is 10.6. The zero-order valence-electron chi connectivity index (χ0n) is 44.9. The van der Waals surface area contributed by atoms with Crippen LogP contribution in [0.3, 0.4) is 0 Å². The lowest BCUT2D eigenvalue weighted by Crippen LogP contribution is -2.69. The predicted octanol–water partition coefficient (Wildman–Crippen LogP) is -10.3. The SMILES string of the molecule is CO[C@H]1O[C@H](COS(=O)(=O)O)[C@@H](O[C@@H]2O[C@@H](C(=O)O)[C@@H](O[C@H]3O[C@H](CO)[C@@H](O[C@@H]4O[C@H](C(=O)O)[C@@H](O[C@H]5O[C@H](CO)[C@@H](OCCOCCOCCOCCN)[C@H](O)[C@H]5O)[C@H](OC)[C@H]4O)[C@H](O)[C@H]3O)[C@H](OC)[C@H]2O)[C@H](OS(=O)(=O)O)[C@H]1OS(=O)(=O)O. The summed E-state index contributed by atoms with van der Waals surface area (Å²) >= 11 is 0. The molecule has 15 N–H and O–H groups in total. The second-order valence-electron chi connectivity index (χ2n) is 18.7. The van der Waals surface area contributed by atoms with Crippen LogP contribution in [0.15, 0.2) is 0 Å². The molecule has 0 unspecified atom stereocenters. The molecule has 0 aliphatic carbocycles. The summed E-state index contributed by atoms with van der Waals surface area (Å²) < 4.78 is 200. The van der Waals surface area contributed by atoms with Crippen LogP contribution in [0.2, 0.25) is 0 Å². The van der Waals surface area contributed by atoms with Gasteiger partial charge in [-0.25, -0.2) is 22.1 Å². The van der Waals surface area contributed by atoms with Gasteiger partial charge in [0.05, 0.1) is 66.1 Å². The number of aliphatic carboxylic acids is 2. The Morgan fingerprint density at radius 2 is 0.812 bits per heavy atom. The maximum atomic E-state index is 12.9. The average molecular weight is 1310 g/mol. The van der Waals surface area contributed by atoms with Crippen LogP contribution < -0.4 is 5.73 Å². The number of methoxy groups -OCH3 is 3. The van der Waals surface area contributed by atoms with Gasteiger partial charge in [-0.2, -0.15) is 25.3 Å². The topological polar surface area (TPSA) is 601 Å². The molecule has 25 atom stereocenters. The van der Waals surface area contributed by atoms with E-state index < -0.39 is 216 Å². The minimum absolute atomic E-state index is 0.0293. The van der Waals surface area contributed by atoms with E-state index in [0.717, 1.165) is 21.3 Å². The largest absolute Gasteiger partial charge is 0.479 e. The van der Waals surface area contributed by atoms with Crippen molar-refractivity contribution in [2.24, 2.45) is 5.73 Å². The number of hydrogen-bond donors (Lipinski definition) is 14. The lowest BCUT2D eigenvalue weighted by atomic mass is 9.95. The number of nitrogens with two attached hydrogens (primary N) is 1. The quantitative estimate of drug-likeness (QED) is 0.0210. The minimum atomic E-state index is -5.80. The number of aliphatic hydroxyl groups excluding tert-OH is 8. The van der Waals surface area contributed by atoms with E-state index >= 15 is 0 Å². The van der Waals surface area contributed by atoms with Gasteiger partial charge in [-0.05, 0) is 0 Å². The molecule has 85 heavy (non-hydrogen) atoms. The third-order valence-electron chi connectivity index (χ3n) is 13.1. The summed E-state index contributed by atoms with van der Waals surface area (Å²) in [5.41, 5.74) is 5.35. The monoisotopic (exact) mass is 1310 g/mol. The average Bonchev–Trinajstić information content (AvgIpc) is 1.21. The molecule has 0 aromatic carbocycles. The molecule has 0 spiro atoms. The summed E-state index contributed by atoms with van der Waals surface area (Å²) in [7, 11) is -14.3. The van der Waals surface area contributed by atoms with E-state index in [-0.39, 0.29) is 26.4 Å². The van der Waals surface area contributed by atoms with Gasteiger partial charge in [0, 0.05) is 27.9 Å². The Morgan fingerprint density at radius 3 is 1.22 bits per heavy atom. The van der Waals surface area contributed by atoms with Crippen molar-refractivity contribution in [1.29, 1.82) is 0 Å². The first-order valence-electron chi connectivity index (χ1n) is 25.2. The highest BCUT2D eigenvalue weighted by atomic mass is 32.3. The van der Waals surface area contributed by atoms with Crippen molar-refractivity contribution in [3.05, 3.63) is 0 Å². The highest BCUT2D eigenvalue weighted by molar-refractivity contribution is 7.81. The van der Waals surface area contributed by atoms with E-state index in [9.17, 15) is 99.6 Å². The smallest absolute Gasteiger partial charge is 0.397 e. The number of ether oxygens (including phenoxy) is 16. The Balaban J connectivity index is 1.28. The fraction of sp³-hybridized carbons (Fsp3) is 0.951. The Morgan fingerprint density at radius 1 is 0.424 bits per heavy atom. The highest BCUT2D eigenvalue weighted by Gasteiger charge is 2.60. The molecular formula is C41H71NO40S3. The van der Waals surface area contributed by atoms with Gasteiger partial charge in [-0.15, -0.1) is 0 Å². The Kier molecular flexibility index (Phi) is 28.5. The summed E-state index contributed by atoms with van der Waals surface area (Å²) in [5, 5.41) is 109. The van der Waals surface area contributed by atoms with Crippen molar-refractivity contribution in [3.63, 3.8) is 0 Å². The second kappa shape index (κ2) is 33.0. The van der Waals surface area contributed by atoms with E-state index in [1.807, 2.05) is 0 Å². The third kappa shape index (κ3) is 20.0. The van der Waals surface area contributed by atoms with Gasteiger partial charge in [0.25, 0.3) is 0 Å². The molecule has 0 aromatic rings. The summed E-state index contributed by atoms with van der Waals surface area (Å²) in [6, 6.07) is 0. The van der Waals surface area contributed by atoms with Crippen LogP contribution in [0.1, 0.15) is 0 Å². The Labute approximate surface area is 483 Å². The molecule has 0 saturated carbocycles. The number of carboxylic acids is 2. The van der Waals surface area contributed by atoms with Crippen molar-refractivity contribution in [2.75, 3.05) is 93.9 Å². The predicted molar refractivity (Wildman–Crippen MR) is 258 cm³/mol. The van der Waals surface area contributed by atoms with E-state index in [1.54, 1.807) is 0 Å². The first-order valence-corrected chi connectivity index (χ1v) is 29.2. The van der Waals surface area contributed by atoms with Crippen LogP contribution in [0.4, 0.5) is 0 Å². The molecule has 5 heterocycles. The zero-order valence-corrected chi connectivity index (χ0v) is 47.3. The molecule has 5 aliphatic heterocycles. The van der Waals surface area contributed by atoms with Crippen molar-refractivity contribution in [2.45, 2.75) is 154 Å². The van der Waals surface area contributed by atoms with Crippen molar-refractivity contribution in [3.8, 4) is 0 Å². The Hall–Kier alpha value is -2.45. The second-order valence-corrected chi connectivity index (χ2v) is 21.8.